The van der Waals surface area contributed by atoms with E-state index in [1.807, 2.05) is 6.92 Å². The number of carbonyl (C=O) groups excluding carboxylic acids is 4. The first-order valence-electron chi connectivity index (χ1n) is 15.8. The van der Waals surface area contributed by atoms with Gasteiger partial charge in [-0.05, 0) is 44.4 Å². The normalized spacial score (nSPS) is 23.4. The molecule has 14 nitrogen and oxygen atoms in total. The van der Waals surface area contributed by atoms with Gasteiger partial charge in [0, 0.05) is 54.2 Å². The molecule has 3 fully saturated rings. The number of hydrogen-bond donors (Lipinski definition) is 4. The number of ether oxygens (including phenoxy) is 1. The fourth-order valence-electron chi connectivity index (χ4n) is 7.13. The van der Waals surface area contributed by atoms with Crippen molar-refractivity contribution < 1.29 is 28.3 Å². The molecule has 1 unspecified atom stereocenters. The van der Waals surface area contributed by atoms with Gasteiger partial charge in [-0.1, -0.05) is 23.4 Å². The summed E-state index contributed by atoms with van der Waals surface area (Å²) in [5.41, 5.74) is 12.0. The summed E-state index contributed by atoms with van der Waals surface area (Å²) in [5, 5.41) is 6.48. The molecule has 4 aliphatic rings. The molecule has 3 atom stereocenters. The summed E-state index contributed by atoms with van der Waals surface area (Å²) in [6.07, 6.45) is 4.64. The second kappa shape index (κ2) is 12.8. The van der Waals surface area contributed by atoms with E-state index in [2.05, 4.69) is 30.5 Å². The molecule has 4 amide bonds. The Morgan fingerprint density at radius 1 is 1.12 bits per heavy atom. The van der Waals surface area contributed by atoms with Gasteiger partial charge in [-0.3, -0.25) is 29.4 Å². The summed E-state index contributed by atoms with van der Waals surface area (Å²) in [6, 6.07) is 2.92. The zero-order valence-electron chi connectivity index (χ0n) is 26.4. The van der Waals surface area contributed by atoms with Crippen LogP contribution in [-0.4, -0.2) is 81.4 Å². The third-order valence-electron chi connectivity index (χ3n) is 9.80. The van der Waals surface area contributed by atoms with E-state index in [1.165, 1.54) is 17.8 Å². The molecule has 7 rings (SSSR count). The molecule has 3 saturated heterocycles. The SMILES string of the molecule is C[C@@H]1OCC2(CCN(c3cnc(Sc4ccnc(N)c4Cl)c(N)n3)CC2)[C@@H]1NCc1cc2c(cc1F)C(=O)N(C1CCC(=O)NC1=O)C2=O. The summed E-state index contributed by atoms with van der Waals surface area (Å²) in [5.74, 6) is -2.12. The number of anilines is 3. The van der Waals surface area contributed by atoms with Crippen LogP contribution < -0.4 is 27.0 Å². The molecule has 0 aliphatic carbocycles. The van der Waals surface area contributed by atoms with Crippen LogP contribution in [-0.2, 0) is 20.9 Å². The van der Waals surface area contributed by atoms with Crippen LogP contribution in [0.15, 0.2) is 40.5 Å². The Morgan fingerprint density at radius 3 is 2.57 bits per heavy atom. The van der Waals surface area contributed by atoms with Crippen LogP contribution in [0.25, 0.3) is 0 Å². The minimum Gasteiger partial charge on any atom is -0.382 e. The monoisotopic (exact) mass is 709 g/mol. The van der Waals surface area contributed by atoms with Gasteiger partial charge in [0.25, 0.3) is 11.8 Å². The molecule has 17 heteroatoms. The van der Waals surface area contributed by atoms with Gasteiger partial charge >= 0.3 is 0 Å². The Morgan fingerprint density at radius 2 is 1.86 bits per heavy atom. The van der Waals surface area contributed by atoms with Crippen molar-refractivity contribution in [1.82, 2.24) is 30.5 Å². The van der Waals surface area contributed by atoms with Crippen LogP contribution in [0.5, 0.6) is 0 Å². The Labute approximate surface area is 289 Å². The number of nitrogens with two attached hydrogens (primary N) is 2. The van der Waals surface area contributed by atoms with Gasteiger partial charge < -0.3 is 26.4 Å². The fourth-order valence-corrected chi connectivity index (χ4v) is 8.14. The third kappa shape index (κ3) is 5.96. The van der Waals surface area contributed by atoms with Gasteiger partial charge in [-0.2, -0.15) is 0 Å². The van der Waals surface area contributed by atoms with Crippen molar-refractivity contribution in [2.24, 2.45) is 5.41 Å². The predicted octanol–water partition coefficient (Wildman–Crippen LogP) is 2.54. The van der Waals surface area contributed by atoms with E-state index in [0.717, 1.165) is 23.8 Å². The highest BCUT2D eigenvalue weighted by Crippen LogP contribution is 2.44. The van der Waals surface area contributed by atoms with E-state index in [9.17, 15) is 19.2 Å². The number of halogens is 2. The number of carbonyl (C=O) groups is 4. The van der Waals surface area contributed by atoms with E-state index in [0.29, 0.717) is 40.5 Å². The summed E-state index contributed by atoms with van der Waals surface area (Å²) in [7, 11) is 0. The van der Waals surface area contributed by atoms with Crippen molar-refractivity contribution >= 4 is 64.4 Å². The molecule has 1 aromatic carbocycles. The number of fused-ring (bicyclic) bond motifs is 1. The smallest absolute Gasteiger partial charge is 0.262 e. The Bertz CT molecular complexity index is 1890. The highest BCUT2D eigenvalue weighted by atomic mass is 35.5. The number of nitrogen functional groups attached to an aromatic ring is 2. The number of amides is 4. The maximum atomic E-state index is 15.4. The number of piperidine rings is 2. The lowest BCUT2D eigenvalue weighted by Gasteiger charge is -2.43. The highest BCUT2D eigenvalue weighted by molar-refractivity contribution is 7.99. The highest BCUT2D eigenvalue weighted by Gasteiger charge is 2.50. The number of nitrogens with one attached hydrogen (secondary N) is 2. The van der Waals surface area contributed by atoms with Crippen LogP contribution in [0.1, 0.15) is 58.9 Å². The number of aromatic nitrogens is 3. The summed E-state index contributed by atoms with van der Waals surface area (Å²) in [6.45, 7) is 3.93. The Balaban J connectivity index is 1.01. The van der Waals surface area contributed by atoms with E-state index < -0.39 is 35.5 Å². The van der Waals surface area contributed by atoms with E-state index in [-0.39, 0.29) is 65.3 Å². The first-order chi connectivity index (χ1) is 23.5. The van der Waals surface area contributed by atoms with Gasteiger partial charge in [-0.15, -0.1) is 0 Å². The molecule has 256 valence electrons. The molecule has 6 N–H and O–H groups in total. The average molecular weight is 710 g/mol. The summed E-state index contributed by atoms with van der Waals surface area (Å²) < 4.78 is 21.5. The Hall–Kier alpha value is -4.38. The number of nitrogens with zero attached hydrogens (tertiary/aromatic N) is 5. The number of hydrogen-bond acceptors (Lipinski definition) is 13. The lowest BCUT2D eigenvalue weighted by molar-refractivity contribution is -0.136. The lowest BCUT2D eigenvalue weighted by Crippen LogP contribution is -2.54. The first-order valence-corrected chi connectivity index (χ1v) is 17.0. The van der Waals surface area contributed by atoms with Crippen molar-refractivity contribution in [3.63, 3.8) is 0 Å². The van der Waals surface area contributed by atoms with Crippen molar-refractivity contribution in [2.45, 2.75) is 67.3 Å². The number of rotatable bonds is 7. The molecule has 0 bridgehead atoms. The van der Waals surface area contributed by atoms with E-state index in [1.54, 1.807) is 18.5 Å². The molecular formula is C32H33ClFN9O5S. The van der Waals surface area contributed by atoms with Crippen LogP contribution in [0.4, 0.5) is 21.8 Å². The lowest BCUT2D eigenvalue weighted by atomic mass is 9.73. The second-order valence-corrected chi connectivity index (χ2v) is 14.1. The van der Waals surface area contributed by atoms with Gasteiger partial charge in [0.15, 0.2) is 5.82 Å². The van der Waals surface area contributed by atoms with E-state index in [4.69, 9.17) is 27.8 Å². The molecule has 1 spiro atoms. The largest absolute Gasteiger partial charge is 0.382 e. The van der Waals surface area contributed by atoms with Crippen LogP contribution in [0.3, 0.4) is 0 Å². The number of imide groups is 2. The number of benzene rings is 1. The summed E-state index contributed by atoms with van der Waals surface area (Å²) >= 11 is 7.54. The topological polar surface area (TPSA) is 199 Å². The molecule has 49 heavy (non-hydrogen) atoms. The molecule has 0 radical (unpaired) electrons. The maximum Gasteiger partial charge on any atom is 0.262 e. The minimum atomic E-state index is -1.12. The molecular weight excluding hydrogens is 677 g/mol. The third-order valence-corrected chi connectivity index (χ3v) is 11.4. The predicted molar refractivity (Wildman–Crippen MR) is 177 cm³/mol. The fraction of sp³-hybridized carbons (Fsp3) is 0.406. The van der Waals surface area contributed by atoms with Crippen molar-refractivity contribution in [2.75, 3.05) is 36.1 Å². The molecule has 2 aromatic heterocycles. The zero-order valence-corrected chi connectivity index (χ0v) is 27.9. The van der Waals surface area contributed by atoms with Gasteiger partial charge in [0.1, 0.15) is 28.5 Å². The standard InChI is InChI=1S/C32H33ClFN9O5S/c1-15-25(38-12-16-10-17-18(11-19(16)34)31(47)43(30(17)46)20-2-3-23(44)41-28(20)45)32(14-48-15)5-8-42(9-6-32)22-13-39-29(27(36)40-22)49-21-4-7-37-26(35)24(21)33/h4,7,10-11,13,15,20,25,38H,2-3,5-6,8-9,12,14H2,1H3,(H2,35,37)(H2,36,40)(H,41,44,45)/t15-,20?,25+/m0/s1. The van der Waals surface area contributed by atoms with Gasteiger partial charge in [0.2, 0.25) is 11.8 Å². The Kier molecular flexibility index (Phi) is 8.67. The zero-order chi connectivity index (χ0) is 34.6. The van der Waals surface area contributed by atoms with Gasteiger partial charge in [-0.25, -0.2) is 19.3 Å². The van der Waals surface area contributed by atoms with Crippen LogP contribution in [0.2, 0.25) is 5.02 Å². The molecule has 4 aliphatic heterocycles. The number of pyridine rings is 1. The molecule has 3 aromatic rings. The first kappa shape index (κ1) is 33.1. The average Bonchev–Trinajstić information content (AvgIpc) is 3.50. The van der Waals surface area contributed by atoms with Crippen molar-refractivity contribution in [1.29, 1.82) is 0 Å². The van der Waals surface area contributed by atoms with Gasteiger partial charge in [0.05, 0.1) is 35.1 Å². The molecule has 6 heterocycles. The summed E-state index contributed by atoms with van der Waals surface area (Å²) in [4.78, 5) is 67.1. The minimum absolute atomic E-state index is 0.000376. The maximum absolute atomic E-state index is 15.4. The molecule has 0 saturated carbocycles. The van der Waals surface area contributed by atoms with E-state index >= 15 is 4.39 Å². The second-order valence-electron chi connectivity index (χ2n) is 12.7. The van der Waals surface area contributed by atoms with Crippen LogP contribution in [0, 0.1) is 11.2 Å². The quantitative estimate of drug-likeness (QED) is 0.261. The van der Waals surface area contributed by atoms with Crippen molar-refractivity contribution in [3.8, 4) is 0 Å². The van der Waals surface area contributed by atoms with Crippen molar-refractivity contribution in [3.05, 3.63) is 58.1 Å². The van der Waals surface area contributed by atoms with Crippen LogP contribution >= 0.6 is 23.4 Å².